The highest BCUT2D eigenvalue weighted by atomic mass is 32.2. The minimum absolute atomic E-state index is 0.147. The molecule has 23 heavy (non-hydrogen) atoms. The number of ether oxygens (including phenoxy) is 1. The average molecular weight is 331 g/mol. The minimum Gasteiger partial charge on any atom is -0.480 e. The van der Waals surface area contributed by atoms with Crippen LogP contribution in [0.1, 0.15) is 5.56 Å². The number of hydrogen-bond acceptors (Lipinski definition) is 7. The van der Waals surface area contributed by atoms with Gasteiger partial charge in [0.15, 0.2) is 17.0 Å². The van der Waals surface area contributed by atoms with Crippen molar-refractivity contribution in [1.82, 2.24) is 19.5 Å². The SMILES string of the molecule is CSCCOc1nc(N)c2nc(O)n(Cc3ccccc3)c2n1. The van der Waals surface area contributed by atoms with Gasteiger partial charge in [0.05, 0.1) is 6.54 Å². The van der Waals surface area contributed by atoms with Crippen LogP contribution in [0, 0.1) is 0 Å². The lowest BCUT2D eigenvalue weighted by atomic mass is 10.2. The van der Waals surface area contributed by atoms with Crippen molar-refractivity contribution in [2.45, 2.75) is 6.54 Å². The molecule has 0 unspecified atom stereocenters. The first-order chi connectivity index (χ1) is 11.2. The van der Waals surface area contributed by atoms with Crippen molar-refractivity contribution in [1.29, 1.82) is 0 Å². The molecular formula is C15H17N5O2S. The fraction of sp³-hybridized carbons (Fsp3) is 0.267. The number of nitrogen functional groups attached to an aromatic ring is 1. The Hall–Kier alpha value is -2.48. The van der Waals surface area contributed by atoms with Crippen molar-refractivity contribution in [2.24, 2.45) is 0 Å². The predicted octanol–water partition coefficient (Wildman–Crippen LogP) is 1.90. The van der Waals surface area contributed by atoms with Gasteiger partial charge in [0, 0.05) is 5.75 Å². The summed E-state index contributed by atoms with van der Waals surface area (Å²) >= 11 is 1.67. The number of fused-ring (bicyclic) bond motifs is 1. The van der Waals surface area contributed by atoms with E-state index in [4.69, 9.17) is 10.5 Å². The number of imidazole rings is 1. The van der Waals surface area contributed by atoms with Crippen LogP contribution in [0.5, 0.6) is 12.0 Å². The van der Waals surface area contributed by atoms with Crippen LogP contribution in [0.2, 0.25) is 0 Å². The van der Waals surface area contributed by atoms with Crippen molar-refractivity contribution < 1.29 is 9.84 Å². The Labute approximate surface area is 137 Å². The van der Waals surface area contributed by atoms with Crippen molar-refractivity contribution >= 4 is 28.7 Å². The summed E-state index contributed by atoms with van der Waals surface area (Å²) in [5.74, 6) is 1.02. The topological polar surface area (TPSA) is 99.1 Å². The number of aromatic hydroxyl groups is 1. The summed E-state index contributed by atoms with van der Waals surface area (Å²) in [6.45, 7) is 0.925. The van der Waals surface area contributed by atoms with E-state index in [0.717, 1.165) is 11.3 Å². The van der Waals surface area contributed by atoms with Crippen molar-refractivity contribution in [3.8, 4) is 12.0 Å². The summed E-state index contributed by atoms with van der Waals surface area (Å²) in [6, 6.07) is 9.78. The molecule has 0 radical (unpaired) electrons. The average Bonchev–Trinajstić information content (AvgIpc) is 2.86. The highest BCUT2D eigenvalue weighted by Gasteiger charge is 2.17. The van der Waals surface area contributed by atoms with E-state index < -0.39 is 0 Å². The lowest BCUT2D eigenvalue weighted by molar-refractivity contribution is 0.317. The molecule has 0 saturated heterocycles. The first kappa shape index (κ1) is 15.4. The first-order valence-corrected chi connectivity index (χ1v) is 8.47. The zero-order valence-electron chi connectivity index (χ0n) is 12.6. The summed E-state index contributed by atoms with van der Waals surface area (Å²) in [6.07, 6.45) is 1.99. The third-order valence-electron chi connectivity index (χ3n) is 3.28. The van der Waals surface area contributed by atoms with Gasteiger partial charge in [-0.05, 0) is 11.8 Å². The third-order valence-corrected chi connectivity index (χ3v) is 3.86. The summed E-state index contributed by atoms with van der Waals surface area (Å²) in [4.78, 5) is 12.5. The molecule has 0 aliphatic rings. The van der Waals surface area contributed by atoms with E-state index in [1.54, 1.807) is 16.3 Å². The number of rotatable bonds is 6. The van der Waals surface area contributed by atoms with E-state index in [0.29, 0.717) is 24.3 Å². The largest absolute Gasteiger partial charge is 0.480 e. The number of thioether (sulfide) groups is 1. The number of aromatic nitrogens is 4. The van der Waals surface area contributed by atoms with Crippen LogP contribution in [-0.4, -0.2) is 43.2 Å². The summed E-state index contributed by atoms with van der Waals surface area (Å²) < 4.78 is 7.09. The molecule has 0 aliphatic carbocycles. The maximum Gasteiger partial charge on any atom is 0.320 e. The van der Waals surface area contributed by atoms with Crippen LogP contribution in [0.25, 0.3) is 11.2 Å². The minimum atomic E-state index is -0.147. The van der Waals surface area contributed by atoms with E-state index >= 15 is 0 Å². The van der Waals surface area contributed by atoms with Gasteiger partial charge in [0.2, 0.25) is 0 Å². The zero-order valence-corrected chi connectivity index (χ0v) is 13.5. The molecule has 1 aromatic carbocycles. The number of nitrogens with zero attached hydrogens (tertiary/aromatic N) is 4. The number of hydrogen-bond donors (Lipinski definition) is 2. The van der Waals surface area contributed by atoms with Gasteiger partial charge in [-0.3, -0.25) is 4.57 Å². The van der Waals surface area contributed by atoms with Gasteiger partial charge in [-0.2, -0.15) is 26.7 Å². The molecule has 3 N–H and O–H groups in total. The molecule has 0 atom stereocenters. The van der Waals surface area contributed by atoms with Gasteiger partial charge in [-0.15, -0.1) is 0 Å². The van der Waals surface area contributed by atoms with Crippen LogP contribution in [0.3, 0.4) is 0 Å². The Morgan fingerprint density at radius 1 is 1.22 bits per heavy atom. The second-order valence-corrected chi connectivity index (χ2v) is 5.87. The van der Waals surface area contributed by atoms with Gasteiger partial charge in [0.1, 0.15) is 6.61 Å². The quantitative estimate of drug-likeness (QED) is 0.666. The molecule has 0 fully saturated rings. The highest BCUT2D eigenvalue weighted by Crippen LogP contribution is 2.25. The van der Waals surface area contributed by atoms with E-state index in [1.807, 2.05) is 36.6 Å². The molecule has 8 heteroatoms. The van der Waals surface area contributed by atoms with Crippen LogP contribution >= 0.6 is 11.8 Å². The van der Waals surface area contributed by atoms with Crippen molar-refractivity contribution in [3.63, 3.8) is 0 Å². The molecule has 2 heterocycles. The molecule has 3 aromatic rings. The predicted molar refractivity (Wildman–Crippen MR) is 90.8 cm³/mol. The van der Waals surface area contributed by atoms with E-state index in [2.05, 4.69) is 15.0 Å². The molecule has 2 aromatic heterocycles. The van der Waals surface area contributed by atoms with Crippen LogP contribution in [0.4, 0.5) is 5.82 Å². The summed E-state index contributed by atoms with van der Waals surface area (Å²) in [5, 5.41) is 10.1. The zero-order chi connectivity index (χ0) is 16.2. The van der Waals surface area contributed by atoms with Crippen LogP contribution in [0.15, 0.2) is 30.3 Å². The number of benzene rings is 1. The van der Waals surface area contributed by atoms with E-state index in [-0.39, 0.29) is 17.8 Å². The standard InChI is InChI=1S/C15H17N5O2S/c1-23-8-7-22-14-18-12(16)11-13(19-14)20(15(21)17-11)9-10-5-3-2-4-6-10/h2-6H,7-9H2,1H3,(H,17,21)(H2,16,18,19). The molecule has 3 rings (SSSR count). The monoisotopic (exact) mass is 331 g/mol. The fourth-order valence-corrected chi connectivity index (χ4v) is 2.43. The second-order valence-electron chi connectivity index (χ2n) is 4.89. The lowest BCUT2D eigenvalue weighted by Crippen LogP contribution is -2.07. The summed E-state index contributed by atoms with van der Waals surface area (Å²) in [7, 11) is 0. The summed E-state index contributed by atoms with van der Waals surface area (Å²) in [5.41, 5.74) is 7.76. The van der Waals surface area contributed by atoms with Gasteiger partial charge in [-0.1, -0.05) is 30.3 Å². The van der Waals surface area contributed by atoms with E-state index in [1.165, 1.54) is 0 Å². The maximum atomic E-state index is 10.1. The molecule has 0 spiro atoms. The van der Waals surface area contributed by atoms with Crippen LogP contribution in [-0.2, 0) is 6.54 Å². The van der Waals surface area contributed by atoms with Gasteiger partial charge < -0.3 is 15.6 Å². The Morgan fingerprint density at radius 3 is 2.74 bits per heavy atom. The molecule has 0 bridgehead atoms. The van der Waals surface area contributed by atoms with Crippen LogP contribution < -0.4 is 10.5 Å². The number of anilines is 1. The van der Waals surface area contributed by atoms with Gasteiger partial charge >= 0.3 is 6.01 Å². The Bertz CT molecular complexity index is 806. The second kappa shape index (κ2) is 6.74. The third kappa shape index (κ3) is 3.31. The normalized spacial score (nSPS) is 11.0. The molecule has 120 valence electrons. The Balaban J connectivity index is 1.98. The van der Waals surface area contributed by atoms with Crippen molar-refractivity contribution in [2.75, 3.05) is 24.3 Å². The molecule has 7 nitrogen and oxygen atoms in total. The van der Waals surface area contributed by atoms with Gasteiger partial charge in [-0.25, -0.2) is 0 Å². The Morgan fingerprint density at radius 2 is 2.00 bits per heavy atom. The van der Waals surface area contributed by atoms with E-state index in [9.17, 15) is 5.11 Å². The number of nitrogens with two attached hydrogens (primary N) is 1. The highest BCUT2D eigenvalue weighted by molar-refractivity contribution is 7.98. The molecule has 0 amide bonds. The fourth-order valence-electron chi connectivity index (χ4n) is 2.18. The molecule has 0 aliphatic heterocycles. The van der Waals surface area contributed by atoms with Gasteiger partial charge in [0.25, 0.3) is 6.01 Å². The maximum absolute atomic E-state index is 10.1. The molecular weight excluding hydrogens is 314 g/mol. The first-order valence-electron chi connectivity index (χ1n) is 7.07. The molecule has 0 saturated carbocycles. The lowest BCUT2D eigenvalue weighted by Gasteiger charge is -2.07. The van der Waals surface area contributed by atoms with Crippen molar-refractivity contribution in [3.05, 3.63) is 35.9 Å². The smallest absolute Gasteiger partial charge is 0.320 e. The Kier molecular flexibility index (Phi) is 4.52.